The number of benzene rings is 1. The Morgan fingerprint density at radius 2 is 2.27 bits per heavy atom. The van der Waals surface area contributed by atoms with Crippen molar-refractivity contribution in [2.24, 2.45) is 0 Å². The van der Waals surface area contributed by atoms with Gasteiger partial charge < -0.3 is 14.7 Å². The first kappa shape index (κ1) is 14.7. The number of ether oxygens (including phenoxy) is 1. The molecule has 1 aliphatic rings. The number of phenolic OH excluding ortho intramolecular Hbond substituents is 1. The summed E-state index contributed by atoms with van der Waals surface area (Å²) in [6, 6.07) is 6.94. The third-order valence-electron chi connectivity index (χ3n) is 3.79. The van der Waals surface area contributed by atoms with Gasteiger partial charge in [0.2, 0.25) is 0 Å². The molecule has 116 valence electrons. The second-order valence-electron chi connectivity index (χ2n) is 5.21. The van der Waals surface area contributed by atoms with Gasteiger partial charge in [-0.25, -0.2) is 14.4 Å². The van der Waals surface area contributed by atoms with Gasteiger partial charge in [-0.2, -0.15) is 0 Å². The van der Waals surface area contributed by atoms with Crippen molar-refractivity contribution in [1.82, 2.24) is 9.97 Å². The monoisotopic (exact) mass is 303 g/mol. The molecule has 0 aliphatic carbocycles. The minimum Gasteiger partial charge on any atom is -0.508 e. The molecule has 0 saturated carbocycles. The van der Waals surface area contributed by atoms with Crippen LogP contribution < -0.4 is 4.90 Å². The van der Waals surface area contributed by atoms with E-state index in [9.17, 15) is 9.50 Å². The maximum absolute atomic E-state index is 14.4. The van der Waals surface area contributed by atoms with Crippen LogP contribution >= 0.6 is 0 Å². The van der Waals surface area contributed by atoms with Gasteiger partial charge in [-0.3, -0.25) is 0 Å². The van der Waals surface area contributed by atoms with E-state index in [0.717, 1.165) is 5.56 Å². The van der Waals surface area contributed by atoms with Gasteiger partial charge in [-0.05, 0) is 24.1 Å². The summed E-state index contributed by atoms with van der Waals surface area (Å²) >= 11 is 0. The maximum Gasteiger partial charge on any atom is 0.187 e. The Labute approximate surface area is 128 Å². The summed E-state index contributed by atoms with van der Waals surface area (Å²) in [5, 5.41) is 9.59. The Morgan fingerprint density at radius 1 is 1.41 bits per heavy atom. The molecule has 1 atom stereocenters. The van der Waals surface area contributed by atoms with Crippen molar-refractivity contribution in [1.29, 1.82) is 0 Å². The molecule has 6 heteroatoms. The average molecular weight is 303 g/mol. The van der Waals surface area contributed by atoms with Gasteiger partial charge in [0.15, 0.2) is 11.6 Å². The van der Waals surface area contributed by atoms with E-state index < -0.39 is 0 Å². The first-order chi connectivity index (χ1) is 10.7. The molecule has 0 bridgehead atoms. The predicted octanol–water partition coefficient (Wildman–Crippen LogP) is 2.46. The molecule has 1 aliphatic heterocycles. The minimum absolute atomic E-state index is 0.194. The molecule has 0 amide bonds. The lowest BCUT2D eigenvalue weighted by atomic mass is 10.1. The highest BCUT2D eigenvalue weighted by molar-refractivity contribution is 5.42. The Morgan fingerprint density at radius 3 is 3.05 bits per heavy atom. The Balaban J connectivity index is 1.84. The number of nitrogens with zero attached hydrogens (tertiary/aromatic N) is 3. The van der Waals surface area contributed by atoms with E-state index in [0.29, 0.717) is 37.6 Å². The van der Waals surface area contributed by atoms with Crippen LogP contribution in [0.3, 0.4) is 0 Å². The second kappa shape index (κ2) is 6.27. The summed E-state index contributed by atoms with van der Waals surface area (Å²) < 4.78 is 20.2. The lowest BCUT2D eigenvalue weighted by Gasteiger charge is -2.34. The minimum atomic E-state index is -0.360. The zero-order chi connectivity index (χ0) is 15.5. The molecule has 1 fully saturated rings. The van der Waals surface area contributed by atoms with E-state index in [-0.39, 0.29) is 17.7 Å². The van der Waals surface area contributed by atoms with Crippen LogP contribution in [-0.2, 0) is 11.2 Å². The van der Waals surface area contributed by atoms with Gasteiger partial charge in [0.25, 0.3) is 0 Å². The maximum atomic E-state index is 14.4. The molecule has 0 radical (unpaired) electrons. The molecule has 1 aromatic heterocycles. The standard InChI is InChI=1S/C16H18FN3O2/c1-2-13-15(17)16(19-10-18-13)20-6-7-22-14(9-20)11-4-3-5-12(21)8-11/h3-5,8,10,14,21H,2,6-7,9H2,1H3. The number of aryl methyl sites for hydroxylation is 1. The fourth-order valence-electron chi connectivity index (χ4n) is 2.63. The van der Waals surface area contributed by atoms with Crippen LogP contribution in [0.4, 0.5) is 10.2 Å². The van der Waals surface area contributed by atoms with Crippen LogP contribution in [0, 0.1) is 5.82 Å². The van der Waals surface area contributed by atoms with Crippen molar-refractivity contribution in [2.75, 3.05) is 24.6 Å². The molecule has 1 aromatic carbocycles. The Bertz CT molecular complexity index is 666. The highest BCUT2D eigenvalue weighted by Gasteiger charge is 2.26. The molecule has 2 heterocycles. The summed E-state index contributed by atoms with van der Waals surface area (Å²) in [6.07, 6.45) is 1.71. The van der Waals surface area contributed by atoms with Gasteiger partial charge in [-0.15, -0.1) is 0 Å². The third kappa shape index (κ3) is 2.87. The summed E-state index contributed by atoms with van der Waals surface area (Å²) in [5.74, 6) is 0.154. The number of hydrogen-bond acceptors (Lipinski definition) is 5. The van der Waals surface area contributed by atoms with Gasteiger partial charge in [0.1, 0.15) is 18.2 Å². The van der Waals surface area contributed by atoms with Crippen molar-refractivity contribution in [2.45, 2.75) is 19.4 Å². The van der Waals surface area contributed by atoms with Crippen LogP contribution in [0.15, 0.2) is 30.6 Å². The van der Waals surface area contributed by atoms with E-state index in [2.05, 4.69) is 9.97 Å². The van der Waals surface area contributed by atoms with E-state index in [1.807, 2.05) is 17.9 Å². The van der Waals surface area contributed by atoms with Crippen molar-refractivity contribution < 1.29 is 14.2 Å². The largest absolute Gasteiger partial charge is 0.508 e. The normalized spacial score (nSPS) is 18.5. The first-order valence-electron chi connectivity index (χ1n) is 7.34. The number of halogens is 1. The molecule has 2 aromatic rings. The summed E-state index contributed by atoms with van der Waals surface area (Å²) in [4.78, 5) is 9.92. The first-order valence-corrected chi connectivity index (χ1v) is 7.34. The van der Waals surface area contributed by atoms with E-state index >= 15 is 0 Å². The van der Waals surface area contributed by atoms with Gasteiger partial charge in [0.05, 0.1) is 12.3 Å². The molecule has 0 spiro atoms. The van der Waals surface area contributed by atoms with Gasteiger partial charge in [-0.1, -0.05) is 19.1 Å². The summed E-state index contributed by atoms with van der Waals surface area (Å²) in [5.41, 5.74) is 1.29. The van der Waals surface area contributed by atoms with Crippen LogP contribution in [0.1, 0.15) is 24.3 Å². The number of aromatic nitrogens is 2. The molecular formula is C16H18FN3O2. The number of phenols is 1. The van der Waals surface area contributed by atoms with Crippen LogP contribution in [0.25, 0.3) is 0 Å². The highest BCUT2D eigenvalue weighted by atomic mass is 19.1. The van der Waals surface area contributed by atoms with E-state index in [4.69, 9.17) is 4.74 Å². The van der Waals surface area contributed by atoms with Crippen LogP contribution in [0.2, 0.25) is 0 Å². The topological polar surface area (TPSA) is 58.5 Å². The Kier molecular flexibility index (Phi) is 4.20. The zero-order valence-electron chi connectivity index (χ0n) is 12.4. The van der Waals surface area contributed by atoms with E-state index in [1.165, 1.54) is 6.33 Å². The number of rotatable bonds is 3. The third-order valence-corrected chi connectivity index (χ3v) is 3.79. The van der Waals surface area contributed by atoms with Crippen molar-refractivity contribution in [3.8, 4) is 5.75 Å². The highest BCUT2D eigenvalue weighted by Crippen LogP contribution is 2.28. The quantitative estimate of drug-likeness (QED) is 0.944. The predicted molar refractivity (Wildman–Crippen MR) is 80.4 cm³/mol. The molecule has 22 heavy (non-hydrogen) atoms. The molecule has 1 N–H and O–H groups in total. The average Bonchev–Trinajstić information content (AvgIpc) is 2.55. The molecule has 3 rings (SSSR count). The number of aromatic hydroxyl groups is 1. The summed E-state index contributed by atoms with van der Waals surface area (Å²) in [7, 11) is 0. The zero-order valence-corrected chi connectivity index (χ0v) is 12.4. The molecule has 5 nitrogen and oxygen atoms in total. The van der Waals surface area contributed by atoms with Crippen molar-refractivity contribution >= 4 is 5.82 Å². The van der Waals surface area contributed by atoms with Gasteiger partial charge in [0, 0.05) is 13.1 Å². The van der Waals surface area contributed by atoms with Crippen LogP contribution in [-0.4, -0.2) is 34.8 Å². The van der Waals surface area contributed by atoms with Crippen LogP contribution in [0.5, 0.6) is 5.75 Å². The van der Waals surface area contributed by atoms with E-state index in [1.54, 1.807) is 18.2 Å². The SMILES string of the molecule is CCc1ncnc(N2CCOC(c3cccc(O)c3)C2)c1F. The molecule has 1 unspecified atom stereocenters. The fourth-order valence-corrected chi connectivity index (χ4v) is 2.63. The Hall–Kier alpha value is -2.21. The number of anilines is 1. The fraction of sp³-hybridized carbons (Fsp3) is 0.375. The lowest BCUT2D eigenvalue weighted by molar-refractivity contribution is 0.0391. The number of hydrogen-bond donors (Lipinski definition) is 1. The second-order valence-corrected chi connectivity index (χ2v) is 5.21. The van der Waals surface area contributed by atoms with Crippen molar-refractivity contribution in [3.05, 3.63) is 47.7 Å². The number of morpholine rings is 1. The molecule has 1 saturated heterocycles. The smallest absolute Gasteiger partial charge is 0.187 e. The summed E-state index contributed by atoms with van der Waals surface area (Å²) in [6.45, 7) is 3.40. The van der Waals surface area contributed by atoms with Crippen molar-refractivity contribution in [3.63, 3.8) is 0 Å². The van der Waals surface area contributed by atoms with Gasteiger partial charge >= 0.3 is 0 Å². The lowest BCUT2D eigenvalue weighted by Crippen LogP contribution is -2.39. The molecular weight excluding hydrogens is 285 g/mol.